The van der Waals surface area contributed by atoms with Gasteiger partial charge in [-0.05, 0) is 17.0 Å². The summed E-state index contributed by atoms with van der Waals surface area (Å²) in [6, 6.07) is 14.1. The molecule has 1 aromatic carbocycles. The lowest BCUT2D eigenvalue weighted by molar-refractivity contribution is -0.115. The SMILES string of the molecule is CC(C)(C)c1cc(NC(=O)Cc2csc(-c3ccsc3)n2)n(Cc2ccccc2)n1. The Morgan fingerprint density at radius 3 is 2.63 bits per heavy atom. The first-order valence-electron chi connectivity index (χ1n) is 9.77. The molecule has 0 radical (unpaired) electrons. The quantitative estimate of drug-likeness (QED) is 0.428. The topological polar surface area (TPSA) is 59.8 Å². The molecule has 0 fully saturated rings. The van der Waals surface area contributed by atoms with Crippen LogP contribution in [0.15, 0.2) is 58.6 Å². The number of carbonyl (C=O) groups excluding carboxylic acids is 1. The molecule has 0 aliphatic heterocycles. The third-order valence-electron chi connectivity index (χ3n) is 4.65. The predicted octanol–water partition coefficient (Wildman–Crippen LogP) is 5.60. The summed E-state index contributed by atoms with van der Waals surface area (Å²) >= 11 is 3.21. The van der Waals surface area contributed by atoms with Crippen LogP contribution in [0.25, 0.3) is 10.6 Å². The van der Waals surface area contributed by atoms with Gasteiger partial charge in [-0.25, -0.2) is 9.67 Å². The lowest BCUT2D eigenvalue weighted by atomic mass is 9.92. The van der Waals surface area contributed by atoms with Crippen LogP contribution in [0, 0.1) is 0 Å². The Kier molecular flexibility index (Phi) is 5.83. The predicted molar refractivity (Wildman–Crippen MR) is 124 cm³/mol. The van der Waals surface area contributed by atoms with Gasteiger partial charge in [-0.2, -0.15) is 16.4 Å². The summed E-state index contributed by atoms with van der Waals surface area (Å²) in [5.41, 5.74) is 3.86. The molecule has 4 aromatic rings. The highest BCUT2D eigenvalue weighted by Gasteiger charge is 2.21. The molecule has 0 atom stereocenters. The maximum absolute atomic E-state index is 12.8. The fourth-order valence-corrected chi connectivity index (χ4v) is 4.55. The average molecular weight is 437 g/mol. The van der Waals surface area contributed by atoms with Crippen LogP contribution in [0.2, 0.25) is 0 Å². The number of thiazole rings is 1. The van der Waals surface area contributed by atoms with Crippen LogP contribution in [0.4, 0.5) is 5.82 Å². The first kappa shape index (κ1) is 20.5. The van der Waals surface area contributed by atoms with E-state index in [1.807, 2.05) is 45.8 Å². The molecule has 0 saturated carbocycles. The normalized spacial score (nSPS) is 11.6. The lowest BCUT2D eigenvalue weighted by Crippen LogP contribution is -2.18. The molecule has 3 heterocycles. The number of nitrogens with zero attached hydrogens (tertiary/aromatic N) is 3. The fourth-order valence-electron chi connectivity index (χ4n) is 3.02. The number of rotatable bonds is 6. The highest BCUT2D eigenvalue weighted by molar-refractivity contribution is 7.14. The number of anilines is 1. The van der Waals surface area contributed by atoms with Gasteiger partial charge in [0.1, 0.15) is 10.8 Å². The van der Waals surface area contributed by atoms with Gasteiger partial charge in [0.2, 0.25) is 5.91 Å². The maximum atomic E-state index is 12.8. The number of aromatic nitrogens is 3. The van der Waals surface area contributed by atoms with Crippen LogP contribution >= 0.6 is 22.7 Å². The molecule has 0 aliphatic rings. The molecule has 0 spiro atoms. The van der Waals surface area contributed by atoms with Crippen molar-refractivity contribution in [1.82, 2.24) is 14.8 Å². The summed E-state index contributed by atoms with van der Waals surface area (Å²) < 4.78 is 1.87. The summed E-state index contributed by atoms with van der Waals surface area (Å²) in [5.74, 6) is 0.619. The van der Waals surface area contributed by atoms with Crippen molar-refractivity contribution >= 4 is 34.4 Å². The van der Waals surface area contributed by atoms with Crippen LogP contribution in [0.5, 0.6) is 0 Å². The first-order chi connectivity index (χ1) is 14.4. The fraction of sp³-hybridized carbons (Fsp3) is 0.261. The van der Waals surface area contributed by atoms with Crippen LogP contribution < -0.4 is 5.32 Å². The van der Waals surface area contributed by atoms with E-state index in [1.54, 1.807) is 22.7 Å². The molecule has 154 valence electrons. The Labute approximate surface area is 184 Å². The van der Waals surface area contributed by atoms with Crippen LogP contribution in [0.3, 0.4) is 0 Å². The molecule has 1 amide bonds. The number of thiophene rings is 1. The molecule has 0 unspecified atom stereocenters. The van der Waals surface area contributed by atoms with Crippen molar-refractivity contribution in [3.05, 3.63) is 75.6 Å². The molecule has 3 aromatic heterocycles. The van der Waals surface area contributed by atoms with E-state index in [2.05, 4.69) is 48.6 Å². The second-order valence-electron chi connectivity index (χ2n) is 8.19. The van der Waals surface area contributed by atoms with Crippen molar-refractivity contribution in [3.8, 4) is 10.6 Å². The molecule has 0 saturated heterocycles. The van der Waals surface area contributed by atoms with E-state index in [0.717, 1.165) is 27.5 Å². The number of carbonyl (C=O) groups is 1. The second kappa shape index (κ2) is 8.53. The van der Waals surface area contributed by atoms with E-state index in [0.29, 0.717) is 12.4 Å². The largest absolute Gasteiger partial charge is 0.311 e. The minimum atomic E-state index is -0.105. The standard InChI is InChI=1S/C23H24N4OS2/c1-23(2,3)19-12-20(27(26-19)13-16-7-5-4-6-8-16)25-21(28)11-18-15-30-22(24-18)17-9-10-29-14-17/h4-10,12,14-15H,11,13H2,1-3H3,(H,25,28). The van der Waals surface area contributed by atoms with Gasteiger partial charge in [-0.3, -0.25) is 4.79 Å². The number of benzene rings is 1. The minimum Gasteiger partial charge on any atom is -0.311 e. The molecular weight excluding hydrogens is 412 g/mol. The van der Waals surface area contributed by atoms with Crippen molar-refractivity contribution in [2.75, 3.05) is 5.32 Å². The monoisotopic (exact) mass is 436 g/mol. The highest BCUT2D eigenvalue weighted by atomic mass is 32.1. The van der Waals surface area contributed by atoms with E-state index in [-0.39, 0.29) is 17.7 Å². The van der Waals surface area contributed by atoms with Crippen molar-refractivity contribution in [2.45, 2.75) is 39.2 Å². The van der Waals surface area contributed by atoms with E-state index in [9.17, 15) is 4.79 Å². The van der Waals surface area contributed by atoms with Crippen molar-refractivity contribution in [3.63, 3.8) is 0 Å². The maximum Gasteiger partial charge on any atom is 0.231 e. The zero-order chi connectivity index (χ0) is 21.1. The molecule has 1 N–H and O–H groups in total. The van der Waals surface area contributed by atoms with Gasteiger partial charge in [0.25, 0.3) is 0 Å². The molecule has 0 bridgehead atoms. The first-order valence-corrected chi connectivity index (χ1v) is 11.6. The third-order valence-corrected chi connectivity index (χ3v) is 6.28. The Balaban J connectivity index is 1.51. The van der Waals surface area contributed by atoms with E-state index < -0.39 is 0 Å². The summed E-state index contributed by atoms with van der Waals surface area (Å²) in [6.07, 6.45) is 0.238. The summed E-state index contributed by atoms with van der Waals surface area (Å²) in [7, 11) is 0. The van der Waals surface area contributed by atoms with Crippen molar-refractivity contribution < 1.29 is 4.79 Å². The van der Waals surface area contributed by atoms with E-state index in [4.69, 9.17) is 5.10 Å². The number of hydrogen-bond acceptors (Lipinski definition) is 5. The molecule has 7 heteroatoms. The van der Waals surface area contributed by atoms with Gasteiger partial charge in [0.05, 0.1) is 24.4 Å². The molecule has 5 nitrogen and oxygen atoms in total. The van der Waals surface area contributed by atoms with Gasteiger partial charge < -0.3 is 5.32 Å². The summed E-state index contributed by atoms with van der Waals surface area (Å²) in [6.45, 7) is 6.96. The van der Waals surface area contributed by atoms with Crippen molar-refractivity contribution in [1.29, 1.82) is 0 Å². The van der Waals surface area contributed by atoms with Crippen molar-refractivity contribution in [2.24, 2.45) is 0 Å². The Morgan fingerprint density at radius 1 is 1.13 bits per heavy atom. The Hall–Kier alpha value is -2.77. The van der Waals surface area contributed by atoms with E-state index in [1.165, 1.54) is 0 Å². The van der Waals surface area contributed by atoms with Gasteiger partial charge >= 0.3 is 0 Å². The Bertz CT molecular complexity index is 1120. The zero-order valence-corrected chi connectivity index (χ0v) is 18.9. The molecule has 4 rings (SSSR count). The van der Waals surface area contributed by atoms with Gasteiger partial charge in [-0.1, -0.05) is 51.1 Å². The zero-order valence-electron chi connectivity index (χ0n) is 17.3. The summed E-state index contributed by atoms with van der Waals surface area (Å²) in [5, 5.41) is 14.8. The smallest absolute Gasteiger partial charge is 0.231 e. The third kappa shape index (κ3) is 4.86. The van der Waals surface area contributed by atoms with E-state index >= 15 is 0 Å². The highest BCUT2D eigenvalue weighted by Crippen LogP contribution is 2.27. The van der Waals surface area contributed by atoms with Gasteiger partial charge in [0.15, 0.2) is 0 Å². The van der Waals surface area contributed by atoms with Gasteiger partial charge in [-0.15, -0.1) is 11.3 Å². The molecule has 30 heavy (non-hydrogen) atoms. The lowest BCUT2D eigenvalue weighted by Gasteiger charge is -2.14. The summed E-state index contributed by atoms with van der Waals surface area (Å²) in [4.78, 5) is 17.4. The van der Waals surface area contributed by atoms with Crippen LogP contribution in [-0.2, 0) is 23.2 Å². The van der Waals surface area contributed by atoms with Gasteiger partial charge in [0, 0.05) is 27.8 Å². The van der Waals surface area contributed by atoms with Crippen LogP contribution in [0.1, 0.15) is 37.7 Å². The number of hydrogen-bond donors (Lipinski definition) is 1. The average Bonchev–Trinajstić information content (AvgIpc) is 3.43. The second-order valence-corrected chi connectivity index (χ2v) is 9.83. The Morgan fingerprint density at radius 2 is 1.93 bits per heavy atom. The number of amides is 1. The van der Waals surface area contributed by atoms with Crippen LogP contribution in [-0.4, -0.2) is 20.7 Å². The number of nitrogens with one attached hydrogen (secondary N) is 1. The molecule has 0 aliphatic carbocycles. The molecular formula is C23H24N4OS2. The minimum absolute atomic E-state index is 0.0909.